The fourth-order valence-corrected chi connectivity index (χ4v) is 4.31. The maximum absolute atomic E-state index is 6.13. The zero-order chi connectivity index (χ0) is 18.4. The summed E-state index contributed by atoms with van der Waals surface area (Å²) in [6.45, 7) is 4.40. The van der Waals surface area contributed by atoms with Gasteiger partial charge in [-0.05, 0) is 55.3 Å². The summed E-state index contributed by atoms with van der Waals surface area (Å²) < 4.78 is 8.52. The van der Waals surface area contributed by atoms with Crippen LogP contribution in [0.1, 0.15) is 36.1 Å². The fourth-order valence-electron chi connectivity index (χ4n) is 4.31. The third-order valence-electron chi connectivity index (χ3n) is 5.65. The summed E-state index contributed by atoms with van der Waals surface area (Å²) in [4.78, 5) is 0. The molecule has 2 aliphatic rings. The van der Waals surface area contributed by atoms with Gasteiger partial charge in [-0.25, -0.2) is 0 Å². The first-order chi connectivity index (χ1) is 13.3. The summed E-state index contributed by atoms with van der Waals surface area (Å²) in [7, 11) is 0. The summed E-state index contributed by atoms with van der Waals surface area (Å²) in [5.74, 6) is 1.28. The largest absolute Gasteiger partial charge is 0.485 e. The van der Waals surface area contributed by atoms with Gasteiger partial charge in [-0.15, -0.1) is 0 Å². The van der Waals surface area contributed by atoms with Gasteiger partial charge in [0, 0.05) is 28.3 Å². The molecule has 0 N–H and O–H groups in total. The lowest BCUT2D eigenvalue weighted by Gasteiger charge is -2.21. The molecule has 0 saturated carbocycles. The average Bonchev–Trinajstić information content (AvgIpc) is 3.21. The number of nitrogens with zero attached hydrogens (tertiary/aromatic N) is 1. The van der Waals surface area contributed by atoms with E-state index in [1.54, 1.807) is 0 Å². The smallest absolute Gasteiger partial charge is 0.128 e. The van der Waals surface area contributed by atoms with Crippen LogP contribution in [0.2, 0.25) is 0 Å². The first kappa shape index (κ1) is 16.2. The monoisotopic (exact) mass is 353 g/mol. The highest BCUT2D eigenvalue weighted by atomic mass is 16.5. The quantitative estimate of drug-likeness (QED) is 0.537. The molecule has 134 valence electrons. The molecule has 2 unspecified atom stereocenters. The van der Waals surface area contributed by atoms with E-state index in [-0.39, 0.29) is 12.0 Å². The third kappa shape index (κ3) is 2.48. The predicted molar refractivity (Wildman–Crippen MR) is 113 cm³/mol. The van der Waals surface area contributed by atoms with Crippen molar-refractivity contribution in [2.24, 2.45) is 0 Å². The first-order valence-electron chi connectivity index (χ1n) is 9.70. The van der Waals surface area contributed by atoms with Crippen LogP contribution >= 0.6 is 0 Å². The lowest BCUT2D eigenvalue weighted by atomic mass is 9.91. The summed E-state index contributed by atoms with van der Waals surface area (Å²) in [5, 5.41) is 1.31. The van der Waals surface area contributed by atoms with Gasteiger partial charge in [0.2, 0.25) is 0 Å². The molecule has 1 aliphatic carbocycles. The Morgan fingerprint density at radius 2 is 1.89 bits per heavy atom. The number of allylic oxidation sites excluding steroid dienone is 3. The SMILES string of the molecule is CC/C=C\c1c(C)c2ccccc2n1C1=CC2c3ccccc3OC2C=C1. The molecule has 27 heavy (non-hydrogen) atoms. The maximum Gasteiger partial charge on any atom is 0.128 e. The van der Waals surface area contributed by atoms with E-state index in [2.05, 4.69) is 91.3 Å². The Bertz CT molecular complexity index is 1110. The van der Waals surface area contributed by atoms with Gasteiger partial charge in [-0.3, -0.25) is 0 Å². The number of aromatic nitrogens is 1. The van der Waals surface area contributed by atoms with Crippen LogP contribution in [-0.4, -0.2) is 10.7 Å². The molecule has 2 nitrogen and oxygen atoms in total. The van der Waals surface area contributed by atoms with Crippen LogP contribution < -0.4 is 4.74 Å². The number of hydrogen-bond acceptors (Lipinski definition) is 1. The number of ether oxygens (including phenoxy) is 1. The fraction of sp³-hybridized carbons (Fsp3) is 0.200. The second-order valence-corrected chi connectivity index (χ2v) is 7.27. The first-order valence-corrected chi connectivity index (χ1v) is 9.70. The van der Waals surface area contributed by atoms with E-state index in [9.17, 15) is 0 Å². The molecule has 0 bridgehead atoms. The van der Waals surface area contributed by atoms with Crippen molar-refractivity contribution in [2.75, 3.05) is 0 Å². The minimum absolute atomic E-state index is 0.101. The molecule has 1 aliphatic heterocycles. The van der Waals surface area contributed by atoms with Gasteiger partial charge in [-0.1, -0.05) is 49.4 Å². The predicted octanol–water partition coefficient (Wildman–Crippen LogP) is 6.33. The van der Waals surface area contributed by atoms with Crippen molar-refractivity contribution >= 4 is 22.7 Å². The lowest BCUT2D eigenvalue weighted by Crippen LogP contribution is -2.18. The van der Waals surface area contributed by atoms with Crippen molar-refractivity contribution in [3.05, 3.63) is 89.7 Å². The van der Waals surface area contributed by atoms with Gasteiger partial charge in [0.1, 0.15) is 11.9 Å². The lowest BCUT2D eigenvalue weighted by molar-refractivity contribution is 0.269. The van der Waals surface area contributed by atoms with Crippen LogP contribution in [0.4, 0.5) is 0 Å². The molecule has 3 aromatic rings. The van der Waals surface area contributed by atoms with Gasteiger partial charge in [0.15, 0.2) is 0 Å². The molecule has 1 aromatic heterocycles. The summed E-state index contributed by atoms with van der Waals surface area (Å²) in [6, 6.07) is 17.1. The molecule has 0 saturated heterocycles. The highest BCUT2D eigenvalue weighted by Gasteiger charge is 2.33. The number of para-hydroxylation sites is 2. The number of fused-ring (bicyclic) bond motifs is 4. The van der Waals surface area contributed by atoms with Crippen LogP contribution in [0.25, 0.3) is 22.7 Å². The molecule has 0 amide bonds. The number of rotatable bonds is 3. The van der Waals surface area contributed by atoms with E-state index in [4.69, 9.17) is 4.74 Å². The van der Waals surface area contributed by atoms with Crippen LogP contribution in [-0.2, 0) is 0 Å². The van der Waals surface area contributed by atoms with Gasteiger partial charge >= 0.3 is 0 Å². The van der Waals surface area contributed by atoms with E-state index in [0.717, 1.165) is 12.2 Å². The second kappa shape index (κ2) is 6.31. The topological polar surface area (TPSA) is 14.2 Å². The number of aryl methyl sites for hydroxylation is 1. The summed E-state index contributed by atoms with van der Waals surface area (Å²) in [6.07, 6.45) is 12.4. The van der Waals surface area contributed by atoms with Crippen molar-refractivity contribution in [1.29, 1.82) is 0 Å². The van der Waals surface area contributed by atoms with Crippen molar-refractivity contribution in [1.82, 2.24) is 4.57 Å². The highest BCUT2D eigenvalue weighted by Crippen LogP contribution is 2.43. The van der Waals surface area contributed by atoms with Crippen molar-refractivity contribution in [2.45, 2.75) is 32.3 Å². The Hall–Kier alpha value is -3.00. The minimum atomic E-state index is 0.101. The zero-order valence-corrected chi connectivity index (χ0v) is 15.7. The van der Waals surface area contributed by atoms with Crippen LogP contribution in [0.3, 0.4) is 0 Å². The van der Waals surface area contributed by atoms with E-state index in [1.165, 1.54) is 33.4 Å². The molecule has 2 heterocycles. The maximum atomic E-state index is 6.13. The normalized spacial score (nSPS) is 20.6. The van der Waals surface area contributed by atoms with Gasteiger partial charge in [0.05, 0.1) is 5.52 Å². The van der Waals surface area contributed by atoms with Gasteiger partial charge in [0.25, 0.3) is 0 Å². The van der Waals surface area contributed by atoms with E-state index in [1.807, 2.05) is 6.07 Å². The standard InChI is InChI=1S/C25H23NO/c1-3-4-11-22-17(2)19-9-5-7-12-23(19)26(22)18-14-15-25-21(16-18)20-10-6-8-13-24(20)27-25/h4-16,21,25H,3H2,1-2H3/b11-4-. The van der Waals surface area contributed by atoms with Crippen molar-refractivity contribution in [3.63, 3.8) is 0 Å². The van der Waals surface area contributed by atoms with Crippen LogP contribution in [0.15, 0.2) is 72.8 Å². The van der Waals surface area contributed by atoms with Crippen molar-refractivity contribution < 1.29 is 4.74 Å². The third-order valence-corrected chi connectivity index (χ3v) is 5.65. The van der Waals surface area contributed by atoms with E-state index < -0.39 is 0 Å². The number of hydrogen-bond donors (Lipinski definition) is 0. The molecule has 5 rings (SSSR count). The van der Waals surface area contributed by atoms with Crippen LogP contribution in [0.5, 0.6) is 5.75 Å². The molecule has 2 atom stereocenters. The van der Waals surface area contributed by atoms with E-state index >= 15 is 0 Å². The Morgan fingerprint density at radius 3 is 2.78 bits per heavy atom. The Morgan fingerprint density at radius 1 is 1.07 bits per heavy atom. The Balaban J connectivity index is 1.70. The van der Waals surface area contributed by atoms with Gasteiger partial charge in [-0.2, -0.15) is 0 Å². The molecular weight excluding hydrogens is 330 g/mol. The summed E-state index contributed by atoms with van der Waals surface area (Å²) in [5.41, 5.74) is 6.35. The Labute approximate surface area is 160 Å². The van der Waals surface area contributed by atoms with Crippen LogP contribution in [0, 0.1) is 6.92 Å². The average molecular weight is 353 g/mol. The van der Waals surface area contributed by atoms with E-state index in [0.29, 0.717) is 0 Å². The highest BCUT2D eigenvalue weighted by molar-refractivity contribution is 5.92. The molecule has 0 fully saturated rings. The molecule has 0 radical (unpaired) electrons. The minimum Gasteiger partial charge on any atom is -0.485 e. The number of benzene rings is 2. The van der Waals surface area contributed by atoms with Gasteiger partial charge < -0.3 is 9.30 Å². The molecule has 0 spiro atoms. The van der Waals surface area contributed by atoms with Crippen molar-refractivity contribution in [3.8, 4) is 5.75 Å². The summed E-state index contributed by atoms with van der Waals surface area (Å²) >= 11 is 0. The molecule has 2 heteroatoms. The molecule has 2 aromatic carbocycles. The molecular formula is C25H23NO. The zero-order valence-electron chi connectivity index (χ0n) is 15.7. The Kier molecular flexibility index (Phi) is 3.78. The second-order valence-electron chi connectivity index (χ2n) is 7.27.